The van der Waals surface area contributed by atoms with Crippen molar-refractivity contribution in [2.24, 2.45) is 5.41 Å². The first kappa shape index (κ1) is 9.95. The number of ketones is 1. The average molecular weight is 192 g/mol. The maximum Gasteiger partial charge on any atom is 0.156 e. The summed E-state index contributed by atoms with van der Waals surface area (Å²) in [5.74, 6) is 0.337. The minimum atomic E-state index is 0.314. The van der Waals surface area contributed by atoms with Gasteiger partial charge in [-0.3, -0.25) is 4.79 Å². The molecule has 0 heterocycles. The van der Waals surface area contributed by atoms with Crippen molar-refractivity contribution in [1.82, 2.24) is 0 Å². The Kier molecular flexibility index (Phi) is 2.50. The monoisotopic (exact) mass is 192 g/mol. The Bertz CT molecular complexity index is 280. The molecule has 0 atom stereocenters. The Labute approximate surface area is 86.6 Å². The Morgan fingerprint density at radius 2 is 1.71 bits per heavy atom. The summed E-state index contributed by atoms with van der Waals surface area (Å²) >= 11 is 0. The van der Waals surface area contributed by atoms with Gasteiger partial charge < -0.3 is 0 Å². The second-order valence-electron chi connectivity index (χ2n) is 5.05. The Balaban J connectivity index is 2.40. The van der Waals surface area contributed by atoms with Gasteiger partial charge in [-0.1, -0.05) is 18.4 Å². The molecule has 1 saturated carbocycles. The second kappa shape index (κ2) is 3.52. The number of rotatable bonds is 1. The molecule has 0 aromatic heterocycles. The number of carbonyl (C=O) groups excluding carboxylic acids is 1. The molecular formula is C13H20O. The molecule has 0 unspecified atom stereocenters. The number of allylic oxidation sites excluding steroid dienone is 2. The standard InChI is InChI=1S/C13H20O/c1-10-6-5-9-13(7-3-4-8-13)12(10)11(2)14/h3-9H2,1-2H3. The fourth-order valence-electron chi connectivity index (χ4n) is 3.62. The van der Waals surface area contributed by atoms with Gasteiger partial charge in [-0.2, -0.15) is 0 Å². The molecule has 2 rings (SSSR count). The zero-order chi connectivity index (χ0) is 10.2. The van der Waals surface area contributed by atoms with Crippen molar-refractivity contribution in [1.29, 1.82) is 0 Å². The zero-order valence-corrected chi connectivity index (χ0v) is 9.36. The van der Waals surface area contributed by atoms with Crippen LogP contribution in [0.3, 0.4) is 0 Å². The van der Waals surface area contributed by atoms with Gasteiger partial charge in [-0.05, 0) is 56.9 Å². The summed E-state index contributed by atoms with van der Waals surface area (Å²) in [4.78, 5) is 11.7. The van der Waals surface area contributed by atoms with E-state index in [1.54, 1.807) is 6.92 Å². The van der Waals surface area contributed by atoms with Crippen LogP contribution in [0.1, 0.15) is 58.8 Å². The molecule has 2 aliphatic carbocycles. The van der Waals surface area contributed by atoms with Gasteiger partial charge in [-0.25, -0.2) is 0 Å². The lowest BCUT2D eigenvalue weighted by Crippen LogP contribution is -2.28. The van der Waals surface area contributed by atoms with E-state index in [9.17, 15) is 4.79 Å². The lowest BCUT2D eigenvalue weighted by atomic mass is 9.67. The summed E-state index contributed by atoms with van der Waals surface area (Å²) in [6.45, 7) is 3.92. The van der Waals surface area contributed by atoms with Crippen molar-refractivity contribution >= 4 is 5.78 Å². The van der Waals surface area contributed by atoms with Crippen LogP contribution in [0.25, 0.3) is 0 Å². The van der Waals surface area contributed by atoms with Gasteiger partial charge in [-0.15, -0.1) is 0 Å². The van der Waals surface area contributed by atoms with Gasteiger partial charge >= 0.3 is 0 Å². The Morgan fingerprint density at radius 1 is 1.14 bits per heavy atom. The fourth-order valence-corrected chi connectivity index (χ4v) is 3.62. The minimum Gasteiger partial charge on any atom is -0.295 e. The summed E-state index contributed by atoms with van der Waals surface area (Å²) in [5, 5.41) is 0. The van der Waals surface area contributed by atoms with Gasteiger partial charge in [0.05, 0.1) is 0 Å². The normalized spacial score (nSPS) is 25.9. The summed E-state index contributed by atoms with van der Waals surface area (Å²) in [5.41, 5.74) is 2.90. The molecule has 0 aromatic rings. The number of carbonyl (C=O) groups is 1. The van der Waals surface area contributed by atoms with Gasteiger partial charge in [0, 0.05) is 0 Å². The third-order valence-corrected chi connectivity index (χ3v) is 4.08. The van der Waals surface area contributed by atoms with E-state index in [2.05, 4.69) is 6.92 Å². The van der Waals surface area contributed by atoms with Crippen molar-refractivity contribution < 1.29 is 4.79 Å². The maximum absolute atomic E-state index is 11.7. The van der Waals surface area contributed by atoms with Gasteiger partial charge in [0.1, 0.15) is 0 Å². The van der Waals surface area contributed by atoms with Crippen LogP contribution >= 0.6 is 0 Å². The first-order valence-corrected chi connectivity index (χ1v) is 5.87. The molecule has 0 bridgehead atoms. The molecule has 78 valence electrons. The molecule has 0 N–H and O–H groups in total. The third-order valence-electron chi connectivity index (χ3n) is 4.08. The van der Waals surface area contributed by atoms with Crippen LogP contribution in [0.2, 0.25) is 0 Å². The van der Waals surface area contributed by atoms with Crippen molar-refractivity contribution in [3.63, 3.8) is 0 Å². The molecular weight excluding hydrogens is 172 g/mol. The highest BCUT2D eigenvalue weighted by Crippen LogP contribution is 2.52. The summed E-state index contributed by atoms with van der Waals surface area (Å²) < 4.78 is 0. The van der Waals surface area contributed by atoms with Crippen molar-refractivity contribution in [3.8, 4) is 0 Å². The lowest BCUT2D eigenvalue weighted by Gasteiger charge is -2.36. The molecule has 2 aliphatic rings. The predicted molar refractivity (Wildman–Crippen MR) is 58.1 cm³/mol. The largest absolute Gasteiger partial charge is 0.295 e. The van der Waals surface area contributed by atoms with Crippen LogP contribution in [-0.2, 0) is 4.79 Å². The minimum absolute atomic E-state index is 0.314. The molecule has 0 aliphatic heterocycles. The predicted octanol–water partition coefficient (Wildman–Crippen LogP) is 3.64. The highest BCUT2D eigenvalue weighted by atomic mass is 16.1. The molecule has 1 heteroatoms. The SMILES string of the molecule is CC(=O)C1=C(C)CCCC12CCCC2. The van der Waals surface area contributed by atoms with Crippen molar-refractivity contribution in [3.05, 3.63) is 11.1 Å². The van der Waals surface area contributed by atoms with E-state index in [1.807, 2.05) is 0 Å². The highest BCUT2D eigenvalue weighted by molar-refractivity contribution is 5.95. The van der Waals surface area contributed by atoms with Crippen molar-refractivity contribution in [2.75, 3.05) is 0 Å². The van der Waals surface area contributed by atoms with E-state index >= 15 is 0 Å². The molecule has 1 nitrogen and oxygen atoms in total. The molecule has 0 radical (unpaired) electrons. The summed E-state index contributed by atoms with van der Waals surface area (Å²) in [7, 11) is 0. The van der Waals surface area contributed by atoms with Crippen molar-refractivity contribution in [2.45, 2.75) is 58.8 Å². The number of Topliss-reactive ketones (excluding diaryl/α,β-unsaturated/α-hetero) is 1. The van der Waals surface area contributed by atoms with E-state index < -0.39 is 0 Å². The van der Waals surface area contributed by atoms with E-state index in [1.165, 1.54) is 49.7 Å². The number of hydrogen-bond donors (Lipinski definition) is 0. The summed E-state index contributed by atoms with van der Waals surface area (Å²) in [6, 6.07) is 0. The highest BCUT2D eigenvalue weighted by Gasteiger charge is 2.41. The Morgan fingerprint density at radius 3 is 2.29 bits per heavy atom. The molecule has 0 saturated heterocycles. The lowest BCUT2D eigenvalue weighted by molar-refractivity contribution is -0.115. The smallest absolute Gasteiger partial charge is 0.156 e. The zero-order valence-electron chi connectivity index (χ0n) is 9.36. The third kappa shape index (κ3) is 1.43. The molecule has 1 fully saturated rings. The molecule has 1 spiro atoms. The van der Waals surface area contributed by atoms with Crippen LogP contribution < -0.4 is 0 Å². The topological polar surface area (TPSA) is 17.1 Å². The Hall–Kier alpha value is -0.590. The van der Waals surface area contributed by atoms with Gasteiger partial charge in [0.25, 0.3) is 0 Å². The average Bonchev–Trinajstić information content (AvgIpc) is 2.53. The molecule has 0 amide bonds. The van der Waals surface area contributed by atoms with Crippen LogP contribution in [-0.4, -0.2) is 5.78 Å². The van der Waals surface area contributed by atoms with Crippen LogP contribution in [0.5, 0.6) is 0 Å². The van der Waals surface area contributed by atoms with E-state index in [0.29, 0.717) is 11.2 Å². The summed E-state index contributed by atoms with van der Waals surface area (Å²) in [6.07, 6.45) is 8.88. The van der Waals surface area contributed by atoms with Gasteiger partial charge in [0.15, 0.2) is 5.78 Å². The first-order chi connectivity index (χ1) is 6.66. The molecule has 0 aromatic carbocycles. The van der Waals surface area contributed by atoms with Crippen LogP contribution in [0.4, 0.5) is 0 Å². The number of hydrogen-bond acceptors (Lipinski definition) is 1. The van der Waals surface area contributed by atoms with Crippen LogP contribution in [0.15, 0.2) is 11.1 Å². The van der Waals surface area contributed by atoms with E-state index in [4.69, 9.17) is 0 Å². The molecule has 14 heavy (non-hydrogen) atoms. The van der Waals surface area contributed by atoms with Crippen LogP contribution in [0, 0.1) is 5.41 Å². The van der Waals surface area contributed by atoms with E-state index in [-0.39, 0.29) is 0 Å². The maximum atomic E-state index is 11.7. The van der Waals surface area contributed by atoms with E-state index in [0.717, 1.165) is 6.42 Å². The second-order valence-corrected chi connectivity index (χ2v) is 5.05. The van der Waals surface area contributed by atoms with Gasteiger partial charge in [0.2, 0.25) is 0 Å². The fraction of sp³-hybridized carbons (Fsp3) is 0.769. The quantitative estimate of drug-likeness (QED) is 0.620. The first-order valence-electron chi connectivity index (χ1n) is 5.87.